The highest BCUT2D eigenvalue weighted by atomic mass is 16.7. The lowest BCUT2D eigenvalue weighted by Gasteiger charge is -2.56. The third-order valence-corrected chi connectivity index (χ3v) is 6.84. The van der Waals surface area contributed by atoms with Crippen molar-refractivity contribution in [2.45, 2.75) is 56.5 Å². The molecule has 11 nitrogen and oxygen atoms in total. The van der Waals surface area contributed by atoms with Crippen molar-refractivity contribution in [2.24, 2.45) is 0 Å². The minimum atomic E-state index is -3.26. The molecule has 0 saturated carbocycles. The number of hydrogen-bond acceptors (Lipinski definition) is 10. The molecule has 2 aliphatic rings. The van der Waals surface area contributed by atoms with E-state index >= 15 is 0 Å². The van der Waals surface area contributed by atoms with Crippen LogP contribution in [-0.4, -0.2) is 85.1 Å². The first-order chi connectivity index (χ1) is 17.4. The lowest BCUT2D eigenvalue weighted by atomic mass is 9.65. The normalized spacial score (nSPS) is 30.0. The molecule has 37 heavy (non-hydrogen) atoms. The Kier molecular flexibility index (Phi) is 6.59. The van der Waals surface area contributed by atoms with E-state index in [0.717, 1.165) is 20.8 Å². The summed E-state index contributed by atoms with van der Waals surface area (Å²) in [4.78, 5) is 65.5. The minimum absolute atomic E-state index is 0.0471. The molecule has 2 aromatic carbocycles. The van der Waals surface area contributed by atoms with Crippen LogP contribution in [0.2, 0.25) is 0 Å². The van der Waals surface area contributed by atoms with Crippen LogP contribution in [0.1, 0.15) is 41.5 Å². The summed E-state index contributed by atoms with van der Waals surface area (Å²) < 4.78 is 11.6. The molecule has 4 rings (SSSR count). The summed E-state index contributed by atoms with van der Waals surface area (Å²) in [5.41, 5.74) is -6.62. The molecule has 2 aliphatic heterocycles. The minimum Gasteiger partial charge on any atom is -0.463 e. The maximum absolute atomic E-state index is 13.4. The summed E-state index contributed by atoms with van der Waals surface area (Å²) >= 11 is 0. The number of para-hydroxylation sites is 1. The van der Waals surface area contributed by atoms with Crippen LogP contribution in [0.4, 0.5) is 0 Å². The van der Waals surface area contributed by atoms with Crippen molar-refractivity contribution in [3.63, 3.8) is 0 Å². The number of carbonyl (C=O) groups excluding carboxylic acids is 5. The van der Waals surface area contributed by atoms with Crippen molar-refractivity contribution in [3.8, 4) is 5.75 Å². The van der Waals surface area contributed by atoms with E-state index < -0.39 is 64.9 Å². The van der Waals surface area contributed by atoms with Gasteiger partial charge in [0.05, 0.1) is 11.1 Å². The highest BCUT2D eigenvalue weighted by Gasteiger charge is 2.74. The van der Waals surface area contributed by atoms with Gasteiger partial charge in [0, 0.05) is 0 Å². The van der Waals surface area contributed by atoms with E-state index in [9.17, 15) is 39.3 Å². The largest absolute Gasteiger partial charge is 0.463 e. The fraction of sp³-hybridized carbons (Fsp3) is 0.346. The molecular formula is C26H25NO10. The summed E-state index contributed by atoms with van der Waals surface area (Å²) in [6.45, 7) is 2.60. The fourth-order valence-electron chi connectivity index (χ4n) is 4.91. The molecule has 0 radical (unpaired) electrons. The van der Waals surface area contributed by atoms with Gasteiger partial charge in [0.25, 0.3) is 11.8 Å². The average molecular weight is 511 g/mol. The Bertz CT molecular complexity index is 1260. The SMILES string of the molecule is CC(=O)C(O)[C@H]1O[C@H](Oc2ccccc2)[C@@H](N2C(=O)c3ccccc3C2=O)[C@](O)(C(C)=O)[C@@]1(O)C(C)=O. The second-order valence-corrected chi connectivity index (χ2v) is 9.03. The van der Waals surface area contributed by atoms with Gasteiger partial charge in [-0.15, -0.1) is 0 Å². The van der Waals surface area contributed by atoms with Crippen molar-refractivity contribution in [3.05, 3.63) is 65.7 Å². The van der Waals surface area contributed by atoms with Crippen LogP contribution in [0, 0.1) is 0 Å². The smallest absolute Gasteiger partial charge is 0.262 e. The topological polar surface area (TPSA) is 168 Å². The first kappa shape index (κ1) is 26.3. The number of Topliss-reactive ketones (excluding diaryl/α,β-unsaturated/α-hetero) is 3. The predicted octanol–water partition coefficient (Wildman–Crippen LogP) is 0.0452. The molecular weight excluding hydrogens is 486 g/mol. The predicted molar refractivity (Wildman–Crippen MR) is 124 cm³/mol. The van der Waals surface area contributed by atoms with E-state index in [4.69, 9.17) is 9.47 Å². The zero-order chi connectivity index (χ0) is 27.3. The maximum Gasteiger partial charge on any atom is 0.262 e. The van der Waals surface area contributed by atoms with Gasteiger partial charge in [-0.1, -0.05) is 30.3 Å². The number of carbonyl (C=O) groups is 5. The Morgan fingerprint density at radius 1 is 0.865 bits per heavy atom. The third kappa shape index (κ3) is 3.78. The van der Waals surface area contributed by atoms with Gasteiger partial charge in [-0.3, -0.25) is 28.9 Å². The molecule has 0 aromatic heterocycles. The number of ketones is 3. The summed E-state index contributed by atoms with van der Waals surface area (Å²) in [6.07, 6.45) is -6.29. The van der Waals surface area contributed by atoms with Gasteiger partial charge in [0.1, 0.15) is 24.0 Å². The first-order valence-electron chi connectivity index (χ1n) is 11.4. The summed E-state index contributed by atoms with van der Waals surface area (Å²) in [7, 11) is 0. The number of aliphatic hydroxyl groups excluding tert-OH is 1. The number of hydrogen-bond donors (Lipinski definition) is 3. The molecule has 0 bridgehead atoms. The number of rotatable bonds is 7. The maximum atomic E-state index is 13.4. The monoisotopic (exact) mass is 511 g/mol. The molecule has 6 atom stereocenters. The van der Waals surface area contributed by atoms with Crippen molar-refractivity contribution in [2.75, 3.05) is 0 Å². The van der Waals surface area contributed by atoms with Gasteiger partial charge in [-0.05, 0) is 45.0 Å². The Balaban J connectivity index is 1.98. The van der Waals surface area contributed by atoms with E-state index in [1.807, 2.05) is 0 Å². The van der Waals surface area contributed by atoms with E-state index in [0.29, 0.717) is 4.90 Å². The van der Waals surface area contributed by atoms with Crippen molar-refractivity contribution >= 4 is 29.2 Å². The van der Waals surface area contributed by atoms with Crippen molar-refractivity contribution in [1.82, 2.24) is 4.90 Å². The number of ether oxygens (including phenoxy) is 2. The molecule has 1 saturated heterocycles. The third-order valence-electron chi connectivity index (χ3n) is 6.84. The van der Waals surface area contributed by atoms with E-state index in [1.165, 1.54) is 36.4 Å². The first-order valence-corrected chi connectivity index (χ1v) is 11.4. The summed E-state index contributed by atoms with van der Waals surface area (Å²) in [6, 6.07) is 11.4. The number of fused-ring (bicyclic) bond motifs is 1. The van der Waals surface area contributed by atoms with Crippen LogP contribution in [0.5, 0.6) is 5.75 Å². The van der Waals surface area contributed by atoms with Crippen LogP contribution in [0.3, 0.4) is 0 Å². The van der Waals surface area contributed by atoms with Crippen molar-refractivity contribution < 1.29 is 48.8 Å². The lowest BCUT2D eigenvalue weighted by Crippen LogP contribution is -2.84. The highest BCUT2D eigenvalue weighted by molar-refractivity contribution is 6.22. The van der Waals surface area contributed by atoms with Gasteiger partial charge >= 0.3 is 0 Å². The van der Waals surface area contributed by atoms with E-state index in [1.54, 1.807) is 18.2 Å². The second-order valence-electron chi connectivity index (χ2n) is 9.03. The number of aliphatic hydroxyl groups is 3. The summed E-state index contributed by atoms with van der Waals surface area (Å²) in [5.74, 6) is -5.22. The van der Waals surface area contributed by atoms with Crippen LogP contribution in [0.15, 0.2) is 54.6 Å². The Morgan fingerprint density at radius 2 is 1.35 bits per heavy atom. The Morgan fingerprint density at radius 3 is 1.81 bits per heavy atom. The summed E-state index contributed by atoms with van der Waals surface area (Å²) in [5, 5.41) is 34.3. The van der Waals surface area contributed by atoms with Gasteiger partial charge < -0.3 is 24.8 Å². The van der Waals surface area contributed by atoms with Gasteiger partial charge in [-0.25, -0.2) is 0 Å². The van der Waals surface area contributed by atoms with Crippen LogP contribution in [-0.2, 0) is 19.1 Å². The lowest BCUT2D eigenvalue weighted by molar-refractivity contribution is -0.315. The quantitative estimate of drug-likeness (QED) is 0.432. The zero-order valence-electron chi connectivity index (χ0n) is 20.2. The Hall–Kier alpha value is -3.77. The molecule has 11 heteroatoms. The number of nitrogens with zero attached hydrogens (tertiary/aromatic N) is 1. The molecule has 1 fully saturated rings. The molecule has 194 valence electrons. The number of amides is 2. The van der Waals surface area contributed by atoms with E-state index in [2.05, 4.69) is 0 Å². The zero-order valence-corrected chi connectivity index (χ0v) is 20.2. The molecule has 3 N–H and O–H groups in total. The fourth-order valence-corrected chi connectivity index (χ4v) is 4.91. The second kappa shape index (κ2) is 9.27. The van der Waals surface area contributed by atoms with Crippen LogP contribution in [0.25, 0.3) is 0 Å². The van der Waals surface area contributed by atoms with Gasteiger partial charge in [0.15, 0.2) is 28.6 Å². The molecule has 0 aliphatic carbocycles. The molecule has 2 aromatic rings. The molecule has 0 spiro atoms. The number of imide groups is 1. The van der Waals surface area contributed by atoms with Crippen LogP contribution < -0.4 is 4.74 Å². The number of benzene rings is 2. The average Bonchev–Trinajstić information content (AvgIpc) is 3.11. The standard InChI is InChI=1S/C26H25NO10/c1-13(28)19(31)21-26(35,15(3)30)25(34,14(2)29)20(24(37-21)36-16-9-5-4-6-10-16)27-22(32)17-11-7-8-12-18(17)23(27)33/h4-12,19-21,24,31,34-35H,1-3H3/t19?,20-,21-,24+,25-,26-/m1/s1. The van der Waals surface area contributed by atoms with E-state index in [-0.39, 0.29) is 16.9 Å². The van der Waals surface area contributed by atoms with Crippen molar-refractivity contribution in [1.29, 1.82) is 0 Å². The highest BCUT2D eigenvalue weighted by Crippen LogP contribution is 2.45. The molecule has 2 heterocycles. The van der Waals surface area contributed by atoms with Crippen LogP contribution >= 0.6 is 0 Å². The Labute approximate surface area is 211 Å². The molecule has 2 amide bonds. The van der Waals surface area contributed by atoms with Gasteiger partial charge in [-0.2, -0.15) is 0 Å². The molecule has 1 unspecified atom stereocenters. The van der Waals surface area contributed by atoms with Gasteiger partial charge in [0.2, 0.25) is 6.29 Å².